The normalized spacial score (nSPS) is 11.7. The number of amides is 2. The van der Waals surface area contributed by atoms with Crippen molar-refractivity contribution in [2.24, 2.45) is 5.92 Å². The van der Waals surface area contributed by atoms with Crippen LogP contribution in [0.2, 0.25) is 5.02 Å². The van der Waals surface area contributed by atoms with Crippen molar-refractivity contribution in [1.29, 1.82) is 0 Å². The molecule has 0 aliphatic rings. The summed E-state index contributed by atoms with van der Waals surface area (Å²) in [6.07, 6.45) is 1.38. The van der Waals surface area contributed by atoms with Crippen LogP contribution in [0.4, 0.5) is 5.69 Å². The molecule has 1 atom stereocenters. The van der Waals surface area contributed by atoms with Gasteiger partial charge in [0.2, 0.25) is 5.91 Å². The van der Waals surface area contributed by atoms with Gasteiger partial charge in [0.25, 0.3) is 5.91 Å². The van der Waals surface area contributed by atoms with Gasteiger partial charge in [-0.1, -0.05) is 62.3 Å². The molecule has 3 rings (SSSR count). The van der Waals surface area contributed by atoms with Crippen LogP contribution in [0, 0.1) is 5.92 Å². The van der Waals surface area contributed by atoms with Crippen LogP contribution >= 0.6 is 23.4 Å². The molecule has 9 nitrogen and oxygen atoms in total. The lowest BCUT2D eigenvalue weighted by molar-refractivity contribution is -0.113. The Morgan fingerprint density at radius 3 is 2.54 bits per heavy atom. The zero-order chi connectivity index (χ0) is 28.4. The van der Waals surface area contributed by atoms with Gasteiger partial charge in [0.15, 0.2) is 11.0 Å². The average Bonchev–Trinajstić information content (AvgIpc) is 3.33. The molecule has 1 heterocycles. The maximum absolute atomic E-state index is 13.0. The fourth-order valence-electron chi connectivity index (χ4n) is 3.87. The Morgan fingerprint density at radius 2 is 1.85 bits per heavy atom. The molecule has 0 fully saturated rings. The van der Waals surface area contributed by atoms with Gasteiger partial charge in [0.1, 0.15) is 0 Å². The zero-order valence-corrected chi connectivity index (χ0v) is 24.1. The van der Waals surface area contributed by atoms with E-state index in [0.717, 1.165) is 6.42 Å². The lowest BCUT2D eigenvalue weighted by atomic mass is 10.0. The first-order valence-corrected chi connectivity index (χ1v) is 14.3. The van der Waals surface area contributed by atoms with Crippen LogP contribution in [0.5, 0.6) is 0 Å². The molecule has 2 amide bonds. The molecular formula is C28H34ClN5O4S. The number of carbonyl (C=O) groups is 3. The van der Waals surface area contributed by atoms with Crippen LogP contribution in [0.25, 0.3) is 0 Å². The summed E-state index contributed by atoms with van der Waals surface area (Å²) in [4.78, 5) is 37.8. The minimum Gasteiger partial charge on any atom is -0.462 e. The van der Waals surface area contributed by atoms with Gasteiger partial charge in [-0.2, -0.15) is 0 Å². The fraction of sp³-hybridized carbons (Fsp3) is 0.393. The SMILES string of the molecule is CCCOC(=O)c1cccc(NC(=O)CSc2nnc([C@H](CC(C)C)NC(=O)c3ccccc3Cl)n2CC)c1. The second kappa shape index (κ2) is 14.7. The van der Waals surface area contributed by atoms with E-state index in [9.17, 15) is 14.4 Å². The highest BCUT2D eigenvalue weighted by Crippen LogP contribution is 2.26. The number of hydrogen-bond donors (Lipinski definition) is 2. The molecule has 208 valence electrons. The summed E-state index contributed by atoms with van der Waals surface area (Å²) in [6, 6.07) is 13.1. The third-order valence-electron chi connectivity index (χ3n) is 5.66. The number of hydrogen-bond acceptors (Lipinski definition) is 7. The fourth-order valence-corrected chi connectivity index (χ4v) is 4.90. The quantitative estimate of drug-likeness (QED) is 0.198. The molecule has 2 aromatic carbocycles. The molecule has 2 N–H and O–H groups in total. The molecule has 0 aliphatic carbocycles. The van der Waals surface area contributed by atoms with E-state index in [4.69, 9.17) is 16.3 Å². The monoisotopic (exact) mass is 571 g/mol. The minimum atomic E-state index is -0.427. The van der Waals surface area contributed by atoms with Crippen molar-refractivity contribution < 1.29 is 19.1 Å². The molecule has 39 heavy (non-hydrogen) atoms. The molecule has 1 aromatic heterocycles. The number of anilines is 1. The molecule has 0 bridgehead atoms. The van der Waals surface area contributed by atoms with Crippen molar-refractivity contribution in [3.63, 3.8) is 0 Å². The van der Waals surface area contributed by atoms with E-state index in [1.807, 2.05) is 18.4 Å². The number of aromatic nitrogens is 3. The van der Waals surface area contributed by atoms with E-state index in [2.05, 4.69) is 34.7 Å². The molecular weight excluding hydrogens is 538 g/mol. The van der Waals surface area contributed by atoms with Crippen molar-refractivity contribution in [2.45, 2.75) is 58.3 Å². The Bertz CT molecular complexity index is 1300. The minimum absolute atomic E-state index is 0.0868. The number of ether oxygens (including phenoxy) is 1. The van der Waals surface area contributed by atoms with Crippen molar-refractivity contribution >= 4 is 46.8 Å². The third kappa shape index (κ3) is 8.56. The summed E-state index contributed by atoms with van der Waals surface area (Å²) in [5, 5.41) is 15.5. The second-order valence-corrected chi connectivity index (χ2v) is 10.6. The van der Waals surface area contributed by atoms with Crippen molar-refractivity contribution in [1.82, 2.24) is 20.1 Å². The number of nitrogens with zero attached hydrogens (tertiary/aromatic N) is 3. The number of esters is 1. The Hall–Kier alpha value is -3.37. The second-order valence-electron chi connectivity index (χ2n) is 9.27. The number of rotatable bonds is 13. The summed E-state index contributed by atoms with van der Waals surface area (Å²) in [7, 11) is 0. The first kappa shape index (κ1) is 30.2. The van der Waals surface area contributed by atoms with Crippen LogP contribution in [0.1, 0.15) is 73.1 Å². The summed E-state index contributed by atoms with van der Waals surface area (Å²) >= 11 is 7.48. The van der Waals surface area contributed by atoms with Crippen molar-refractivity contribution in [3.05, 3.63) is 70.5 Å². The molecule has 0 unspecified atom stereocenters. The van der Waals surface area contributed by atoms with Crippen LogP contribution in [-0.2, 0) is 16.1 Å². The van der Waals surface area contributed by atoms with Gasteiger partial charge >= 0.3 is 5.97 Å². The summed E-state index contributed by atoms with van der Waals surface area (Å²) < 4.78 is 7.07. The largest absolute Gasteiger partial charge is 0.462 e. The number of carbonyl (C=O) groups excluding carboxylic acids is 3. The Balaban J connectivity index is 1.69. The lowest BCUT2D eigenvalue weighted by Crippen LogP contribution is -2.31. The van der Waals surface area contributed by atoms with Crippen molar-refractivity contribution in [3.8, 4) is 0 Å². The molecule has 0 radical (unpaired) electrons. The molecule has 0 aliphatic heterocycles. The Kier molecular flexibility index (Phi) is 11.4. The standard InChI is InChI=1S/C28H34ClN5O4S/c1-5-14-38-27(37)19-10-9-11-20(16-19)30-24(35)17-39-28-33-32-25(34(28)6-2)23(15-18(3)4)31-26(36)21-12-7-8-13-22(21)29/h7-13,16,18,23H,5-6,14-15,17H2,1-4H3,(H,30,35)(H,31,36)/t23-/m0/s1. The van der Waals surface area contributed by atoms with Gasteiger partial charge in [-0.25, -0.2) is 4.79 Å². The van der Waals surface area contributed by atoms with Crippen molar-refractivity contribution in [2.75, 3.05) is 17.7 Å². The van der Waals surface area contributed by atoms with Gasteiger partial charge in [-0.05, 0) is 56.0 Å². The predicted octanol–water partition coefficient (Wildman–Crippen LogP) is 5.77. The number of benzene rings is 2. The molecule has 0 saturated heterocycles. The Morgan fingerprint density at radius 1 is 1.08 bits per heavy atom. The third-order valence-corrected chi connectivity index (χ3v) is 6.95. The van der Waals surface area contributed by atoms with E-state index >= 15 is 0 Å². The average molecular weight is 572 g/mol. The maximum atomic E-state index is 13.0. The van der Waals surface area contributed by atoms with E-state index in [0.29, 0.717) is 52.4 Å². The van der Waals surface area contributed by atoms with E-state index in [1.165, 1.54) is 11.8 Å². The maximum Gasteiger partial charge on any atom is 0.338 e. The summed E-state index contributed by atoms with van der Waals surface area (Å²) in [6.45, 7) is 8.92. The van der Waals surface area contributed by atoms with Crippen LogP contribution in [0.3, 0.4) is 0 Å². The van der Waals surface area contributed by atoms with E-state index in [1.54, 1.807) is 48.5 Å². The van der Waals surface area contributed by atoms with Gasteiger partial charge in [-0.3, -0.25) is 9.59 Å². The van der Waals surface area contributed by atoms with Crippen LogP contribution in [-0.4, -0.2) is 44.9 Å². The highest BCUT2D eigenvalue weighted by molar-refractivity contribution is 7.99. The number of halogens is 1. The van der Waals surface area contributed by atoms with Crippen LogP contribution < -0.4 is 10.6 Å². The smallest absolute Gasteiger partial charge is 0.338 e. The van der Waals surface area contributed by atoms with E-state index < -0.39 is 5.97 Å². The number of thioether (sulfide) groups is 1. The van der Waals surface area contributed by atoms with Gasteiger partial charge < -0.3 is 19.9 Å². The summed E-state index contributed by atoms with van der Waals surface area (Å²) in [5.41, 5.74) is 1.27. The first-order valence-electron chi connectivity index (χ1n) is 12.9. The van der Waals surface area contributed by atoms with Gasteiger partial charge in [0, 0.05) is 12.2 Å². The first-order chi connectivity index (χ1) is 18.7. The zero-order valence-electron chi connectivity index (χ0n) is 22.6. The van der Waals surface area contributed by atoms with Gasteiger partial charge in [0.05, 0.1) is 34.6 Å². The molecule has 0 spiro atoms. The number of nitrogens with one attached hydrogen (secondary N) is 2. The highest BCUT2D eigenvalue weighted by atomic mass is 35.5. The molecule has 11 heteroatoms. The van der Waals surface area contributed by atoms with Gasteiger partial charge in [-0.15, -0.1) is 10.2 Å². The summed E-state index contributed by atoms with van der Waals surface area (Å²) in [5.74, 6) is 0.0174. The lowest BCUT2D eigenvalue weighted by Gasteiger charge is -2.21. The van der Waals surface area contributed by atoms with E-state index in [-0.39, 0.29) is 29.5 Å². The highest BCUT2D eigenvalue weighted by Gasteiger charge is 2.25. The molecule has 3 aromatic rings. The molecule has 0 saturated carbocycles. The Labute approximate surface area is 238 Å². The topological polar surface area (TPSA) is 115 Å². The predicted molar refractivity (Wildman–Crippen MR) is 153 cm³/mol. The van der Waals surface area contributed by atoms with Crippen LogP contribution in [0.15, 0.2) is 53.7 Å².